The fourth-order valence-electron chi connectivity index (χ4n) is 14.3. The second kappa shape index (κ2) is 28.4. The number of aliphatic hydroxyl groups excluding tert-OH is 2. The summed E-state index contributed by atoms with van der Waals surface area (Å²) in [5.74, 6) is 1.40. The van der Waals surface area contributed by atoms with Crippen molar-refractivity contribution < 1.29 is 53.2 Å². The van der Waals surface area contributed by atoms with Gasteiger partial charge in [-0.1, -0.05) is 162 Å². The molecule has 3 aliphatic heterocycles. The van der Waals surface area contributed by atoms with Crippen LogP contribution in [0.25, 0.3) is 45.7 Å². The van der Waals surface area contributed by atoms with Crippen molar-refractivity contribution in [3.63, 3.8) is 0 Å². The molecule has 2 aromatic heterocycles. The molecule has 3 unspecified atom stereocenters. The van der Waals surface area contributed by atoms with Crippen LogP contribution < -0.4 is 5.73 Å². The van der Waals surface area contributed by atoms with E-state index in [1.54, 1.807) is 40.1 Å². The number of rotatable bonds is 14. The molecule has 6 aliphatic rings. The van der Waals surface area contributed by atoms with E-state index in [4.69, 9.17) is 64.3 Å². The highest BCUT2D eigenvalue weighted by atomic mass is 35.5. The number of hydrogen-bond donors (Lipinski definition) is 5. The fraction of sp³-hybridized carbons (Fsp3) is 0.375. The van der Waals surface area contributed by atoms with E-state index in [1.807, 2.05) is 77.7 Å². The van der Waals surface area contributed by atoms with Crippen LogP contribution in [-0.2, 0) is 54.3 Å². The maximum absolute atomic E-state index is 12.8. The zero-order chi connectivity index (χ0) is 68.3. The van der Waals surface area contributed by atoms with Gasteiger partial charge in [0.1, 0.15) is 0 Å². The van der Waals surface area contributed by atoms with Crippen LogP contribution in [0.2, 0.25) is 33.2 Å². The lowest BCUT2D eigenvalue weighted by atomic mass is 9.80. The number of nitrogens with two attached hydrogens (primary N) is 1. The number of halogens is 3. The van der Waals surface area contributed by atoms with Crippen molar-refractivity contribution in [2.75, 3.05) is 59.1 Å². The molecule has 3 amide bonds. The lowest BCUT2D eigenvalue weighted by Crippen LogP contribution is -2.43. The first-order chi connectivity index (χ1) is 45.9. The number of β-amino-alcohol motifs (C(OH)–C–C–N with tert-alkyl or cyclic N) is 2. The first-order valence-electron chi connectivity index (χ1n) is 32.1. The van der Waals surface area contributed by atoms with E-state index < -0.39 is 14.3 Å². The fourth-order valence-corrected chi connectivity index (χ4v) is 16.0. The van der Waals surface area contributed by atoms with Gasteiger partial charge in [-0.2, -0.15) is 9.97 Å². The Morgan fingerprint density at radius 3 is 1.36 bits per heavy atom. The Bertz CT molecular complexity index is 4100. The van der Waals surface area contributed by atoms with E-state index in [0.717, 1.165) is 67.3 Å². The summed E-state index contributed by atoms with van der Waals surface area (Å²) in [7, 11) is -1.81. The number of aromatic carboxylic acids is 1. The molecule has 20 nitrogen and oxygen atoms in total. The number of amidine groups is 1. The molecule has 96 heavy (non-hydrogen) atoms. The van der Waals surface area contributed by atoms with Gasteiger partial charge in [-0.15, -0.1) is 0 Å². The average Bonchev–Trinajstić information content (AvgIpc) is 1.60. The quantitative estimate of drug-likeness (QED) is 0.0222. The highest BCUT2D eigenvalue weighted by Crippen LogP contribution is 2.51. The SMILES string of the molecule is CC(C)(C)[Si](C)(C)OCCN1CC2(CCc3c(C(N)=NO)cccc32)CC1=O.O=C(O)c1ccccc1Cl.O=C1CC2(CCc3c(-c4noc(-c5ccccc5Cl)n4)cccc32)CN1CCO.O=C1CC2(CCc3c(-c4noc(-c5ccccc5Cl)n4)cccc32)CN1CCO. The molecule has 6 N–H and O–H groups in total. The molecule has 3 fully saturated rings. The normalized spacial score (nSPS) is 20.1. The van der Waals surface area contributed by atoms with Gasteiger partial charge in [0.25, 0.3) is 11.8 Å². The minimum absolute atomic E-state index is 0.0115. The van der Waals surface area contributed by atoms with E-state index in [2.05, 4.69) is 77.5 Å². The summed E-state index contributed by atoms with van der Waals surface area (Å²) in [4.78, 5) is 62.7. The van der Waals surface area contributed by atoms with E-state index in [-0.39, 0.29) is 68.6 Å². The molecule has 5 heterocycles. The molecule has 3 saturated heterocycles. The van der Waals surface area contributed by atoms with Crippen LogP contribution in [0, 0.1) is 0 Å². The highest BCUT2D eigenvalue weighted by Gasteiger charge is 2.51. The Kier molecular flexibility index (Phi) is 20.5. The van der Waals surface area contributed by atoms with Crippen molar-refractivity contribution in [3.05, 3.63) is 187 Å². The number of oxime groups is 1. The third-order valence-electron chi connectivity index (χ3n) is 20.2. The van der Waals surface area contributed by atoms with Crippen LogP contribution in [0.15, 0.2) is 142 Å². The Labute approximate surface area is 573 Å². The maximum Gasteiger partial charge on any atom is 0.337 e. The molecule has 0 bridgehead atoms. The number of carbonyl (C=O) groups is 4. The molecule has 3 atom stereocenters. The van der Waals surface area contributed by atoms with Crippen molar-refractivity contribution in [2.45, 2.75) is 113 Å². The van der Waals surface area contributed by atoms with Crippen LogP contribution >= 0.6 is 34.8 Å². The Balaban J connectivity index is 0.000000136. The predicted octanol–water partition coefficient (Wildman–Crippen LogP) is 12.2. The van der Waals surface area contributed by atoms with Crippen LogP contribution in [0.3, 0.4) is 0 Å². The van der Waals surface area contributed by atoms with Crippen LogP contribution in [-0.4, -0.2) is 152 Å². The summed E-state index contributed by atoms with van der Waals surface area (Å²) >= 11 is 18.1. The molecule has 6 aromatic carbocycles. The summed E-state index contributed by atoms with van der Waals surface area (Å²) < 4.78 is 17.3. The summed E-state index contributed by atoms with van der Waals surface area (Å²) in [6.45, 7) is 15.2. The lowest BCUT2D eigenvalue weighted by molar-refractivity contribution is -0.128. The second-order valence-corrected chi connectivity index (χ2v) is 33.0. The molecule has 14 rings (SSSR count). The van der Waals surface area contributed by atoms with Gasteiger partial charge in [-0.25, -0.2) is 4.79 Å². The van der Waals surface area contributed by atoms with E-state index in [0.29, 0.717) is 103 Å². The lowest BCUT2D eigenvalue weighted by Gasteiger charge is -2.36. The van der Waals surface area contributed by atoms with Crippen LogP contribution in [0.1, 0.15) is 109 Å². The number of fused-ring (bicyclic) bond motifs is 6. The van der Waals surface area contributed by atoms with Gasteiger partial charge >= 0.3 is 5.97 Å². The number of carboxylic acids is 1. The van der Waals surface area contributed by atoms with Crippen molar-refractivity contribution in [2.24, 2.45) is 10.9 Å². The number of carbonyl (C=O) groups excluding carboxylic acids is 3. The molecular weight excluding hydrogens is 1300 g/mol. The van der Waals surface area contributed by atoms with Gasteiger partial charge in [0, 0.05) is 91.5 Å². The minimum Gasteiger partial charge on any atom is -0.478 e. The van der Waals surface area contributed by atoms with Crippen molar-refractivity contribution in [1.82, 2.24) is 35.0 Å². The highest BCUT2D eigenvalue weighted by molar-refractivity contribution is 6.74. The number of nitrogens with zero attached hydrogens (tertiary/aromatic N) is 8. The summed E-state index contributed by atoms with van der Waals surface area (Å²) in [5, 5.41) is 49.2. The maximum atomic E-state index is 12.8. The minimum atomic E-state index is -1.81. The molecule has 3 aliphatic carbocycles. The van der Waals surface area contributed by atoms with E-state index >= 15 is 0 Å². The number of aliphatic hydroxyl groups is 2. The van der Waals surface area contributed by atoms with Crippen LogP contribution in [0.5, 0.6) is 0 Å². The topological polar surface area (TPSA) is 284 Å². The van der Waals surface area contributed by atoms with Crippen molar-refractivity contribution in [3.8, 4) is 45.7 Å². The Morgan fingerprint density at radius 1 is 0.573 bits per heavy atom. The zero-order valence-corrected chi connectivity index (χ0v) is 57.6. The van der Waals surface area contributed by atoms with Gasteiger partial charge in [0.15, 0.2) is 14.2 Å². The standard InChI is InChI=1S/2C22H20ClN3O3.C21H33N3O3Si.C7H5ClO2/c2*23-18-7-2-1-4-16(18)21-24-20(25-29-21)15-5-3-6-17-14(15)8-9-22(17)12-19(28)26(13-22)10-11-27;1-20(2,3)28(4,5)27-12-11-24-14-21(13-18(24)25)10-9-15-16(19(22)23-26)7-6-8-17(15)21;8-6-4-2-1-3-5(6)7(9)10/h2*1-7,27H,8-13H2;6-8,26H,9-14H2,1-5H3,(H2,22,23);1-4H,(H,9,10). The number of likely N-dealkylation sites (tertiary alicyclic amines) is 3. The average molecular weight is 1380 g/mol. The third kappa shape index (κ3) is 13.9. The second-order valence-electron chi connectivity index (χ2n) is 26.9. The van der Waals surface area contributed by atoms with Crippen molar-refractivity contribution in [1.29, 1.82) is 0 Å². The van der Waals surface area contributed by atoms with Crippen LogP contribution in [0.4, 0.5) is 0 Å². The van der Waals surface area contributed by atoms with Gasteiger partial charge in [-0.05, 0) is 126 Å². The first-order valence-corrected chi connectivity index (χ1v) is 36.2. The molecule has 0 radical (unpaired) electrons. The predicted molar refractivity (Wildman–Crippen MR) is 369 cm³/mol. The smallest absolute Gasteiger partial charge is 0.337 e. The number of benzene rings is 6. The molecule has 8 aromatic rings. The Morgan fingerprint density at radius 2 is 0.958 bits per heavy atom. The largest absolute Gasteiger partial charge is 0.478 e. The summed E-state index contributed by atoms with van der Waals surface area (Å²) in [6, 6.07) is 39.2. The monoisotopic (exact) mass is 1380 g/mol. The third-order valence-corrected chi connectivity index (χ3v) is 25.7. The van der Waals surface area contributed by atoms with Gasteiger partial charge < -0.3 is 54.4 Å². The molecule has 24 heteroatoms. The zero-order valence-electron chi connectivity index (χ0n) is 54.3. The van der Waals surface area contributed by atoms with Gasteiger partial charge in [0.2, 0.25) is 29.4 Å². The van der Waals surface area contributed by atoms with E-state index in [9.17, 15) is 29.4 Å². The van der Waals surface area contributed by atoms with Gasteiger partial charge in [0.05, 0.1) is 51.6 Å². The molecular formula is C72H78Cl3N9O11Si. The first kappa shape index (κ1) is 69.1. The molecule has 0 saturated carbocycles. The van der Waals surface area contributed by atoms with Gasteiger partial charge in [-0.3, -0.25) is 14.4 Å². The molecule has 502 valence electrons. The molecule has 3 spiro atoms. The number of aromatic nitrogens is 4. The van der Waals surface area contributed by atoms with Crippen molar-refractivity contribution >= 4 is 72.6 Å². The Hall–Kier alpha value is -8.28. The summed E-state index contributed by atoms with van der Waals surface area (Å²) in [5.41, 5.74) is 16.6. The number of hydrogen-bond acceptors (Lipinski definition) is 15. The number of carboxylic acid groups (broad SMARTS) is 1. The summed E-state index contributed by atoms with van der Waals surface area (Å²) in [6.07, 6.45) is 6.81. The number of amides is 3. The van der Waals surface area contributed by atoms with E-state index in [1.165, 1.54) is 33.9 Å².